The first-order valence-corrected chi connectivity index (χ1v) is 6.97. The molecule has 0 saturated heterocycles. The van der Waals surface area contributed by atoms with Crippen molar-refractivity contribution in [2.45, 2.75) is 38.6 Å². The largest absolute Gasteiger partial charge is 0.394 e. The van der Waals surface area contributed by atoms with Crippen molar-refractivity contribution in [3.63, 3.8) is 0 Å². The maximum Gasteiger partial charge on any atom is 0.226 e. The number of rotatable bonds is 6. The number of nitrogens with zero attached hydrogens (tertiary/aromatic N) is 2. The molecule has 0 aliphatic carbocycles. The van der Waals surface area contributed by atoms with E-state index in [0.717, 1.165) is 11.3 Å². The molecule has 0 aromatic carbocycles. The Morgan fingerprint density at radius 3 is 2.75 bits per heavy atom. The van der Waals surface area contributed by atoms with E-state index in [-0.39, 0.29) is 18.9 Å². The van der Waals surface area contributed by atoms with E-state index in [1.54, 1.807) is 0 Å². The fourth-order valence-corrected chi connectivity index (χ4v) is 2.27. The van der Waals surface area contributed by atoms with E-state index < -0.39 is 5.54 Å². The number of aliphatic hydroxyl groups is 1. The molecule has 2 heterocycles. The third-order valence-electron chi connectivity index (χ3n) is 3.82. The van der Waals surface area contributed by atoms with Gasteiger partial charge in [0.25, 0.3) is 0 Å². The molecular weight excluding hydrogens is 254 g/mol. The fourth-order valence-electron chi connectivity index (χ4n) is 2.27. The Labute approximate surface area is 118 Å². The maximum atomic E-state index is 12.1. The zero-order valence-corrected chi connectivity index (χ0v) is 12.0. The Kier molecular flexibility index (Phi) is 4.39. The van der Waals surface area contributed by atoms with Gasteiger partial charge in [0.2, 0.25) is 5.91 Å². The monoisotopic (exact) mass is 275 g/mol. The summed E-state index contributed by atoms with van der Waals surface area (Å²) in [4.78, 5) is 16.5. The second-order valence-electron chi connectivity index (χ2n) is 5.07. The Bertz CT molecular complexity index is 546. The van der Waals surface area contributed by atoms with Gasteiger partial charge in [-0.1, -0.05) is 19.9 Å². The fraction of sp³-hybridized carbons (Fsp3) is 0.467. The van der Waals surface area contributed by atoms with Crippen LogP contribution in [0, 0.1) is 0 Å². The molecule has 2 aromatic rings. The summed E-state index contributed by atoms with van der Waals surface area (Å²) in [5, 5.41) is 12.4. The van der Waals surface area contributed by atoms with Crippen LogP contribution in [0.3, 0.4) is 0 Å². The van der Waals surface area contributed by atoms with Crippen molar-refractivity contribution in [1.82, 2.24) is 14.7 Å². The molecule has 0 unspecified atom stereocenters. The number of fused-ring (bicyclic) bond motifs is 1. The number of hydrogen-bond donors (Lipinski definition) is 2. The molecule has 1 amide bonds. The summed E-state index contributed by atoms with van der Waals surface area (Å²) < 4.78 is 1.89. The van der Waals surface area contributed by atoms with Gasteiger partial charge in [0, 0.05) is 12.4 Å². The average Bonchev–Trinajstić information content (AvgIpc) is 2.87. The van der Waals surface area contributed by atoms with Gasteiger partial charge in [-0.3, -0.25) is 4.79 Å². The number of aliphatic hydroxyl groups excluding tert-OH is 1. The zero-order chi connectivity index (χ0) is 14.6. The van der Waals surface area contributed by atoms with Crippen molar-refractivity contribution in [3.05, 3.63) is 36.3 Å². The van der Waals surface area contributed by atoms with Gasteiger partial charge in [-0.15, -0.1) is 0 Å². The summed E-state index contributed by atoms with van der Waals surface area (Å²) >= 11 is 0. The third kappa shape index (κ3) is 2.99. The van der Waals surface area contributed by atoms with E-state index in [0.29, 0.717) is 12.8 Å². The summed E-state index contributed by atoms with van der Waals surface area (Å²) in [7, 11) is 0. The minimum Gasteiger partial charge on any atom is -0.394 e. The highest BCUT2D eigenvalue weighted by Crippen LogP contribution is 2.14. The summed E-state index contributed by atoms with van der Waals surface area (Å²) in [6.07, 6.45) is 5.39. The van der Waals surface area contributed by atoms with Crippen LogP contribution in [0.5, 0.6) is 0 Å². The van der Waals surface area contributed by atoms with Gasteiger partial charge < -0.3 is 14.8 Å². The van der Waals surface area contributed by atoms with Crippen LogP contribution in [0.1, 0.15) is 32.4 Å². The molecule has 0 spiro atoms. The topological polar surface area (TPSA) is 66.6 Å². The van der Waals surface area contributed by atoms with Crippen LogP contribution in [0.2, 0.25) is 0 Å². The highest BCUT2D eigenvalue weighted by atomic mass is 16.3. The lowest BCUT2D eigenvalue weighted by molar-refractivity contribution is -0.123. The van der Waals surface area contributed by atoms with E-state index in [1.807, 2.05) is 48.8 Å². The lowest BCUT2D eigenvalue weighted by Gasteiger charge is -2.30. The molecule has 2 N–H and O–H groups in total. The van der Waals surface area contributed by atoms with Crippen LogP contribution in [0.15, 0.2) is 30.6 Å². The van der Waals surface area contributed by atoms with Crippen molar-refractivity contribution in [3.8, 4) is 0 Å². The Balaban J connectivity index is 2.07. The number of amides is 1. The van der Waals surface area contributed by atoms with Crippen molar-refractivity contribution < 1.29 is 9.90 Å². The van der Waals surface area contributed by atoms with Crippen LogP contribution < -0.4 is 5.32 Å². The average molecular weight is 275 g/mol. The molecule has 5 heteroatoms. The van der Waals surface area contributed by atoms with Crippen molar-refractivity contribution in [2.24, 2.45) is 0 Å². The quantitative estimate of drug-likeness (QED) is 0.840. The minimum atomic E-state index is -0.518. The van der Waals surface area contributed by atoms with Crippen LogP contribution in [-0.2, 0) is 11.2 Å². The van der Waals surface area contributed by atoms with E-state index in [1.165, 1.54) is 0 Å². The van der Waals surface area contributed by atoms with E-state index in [9.17, 15) is 9.90 Å². The number of carbonyl (C=O) groups is 1. The summed E-state index contributed by atoms with van der Waals surface area (Å²) in [6, 6.07) is 5.73. The molecule has 0 atom stereocenters. The predicted octanol–water partition coefficient (Wildman–Crippen LogP) is 1.54. The summed E-state index contributed by atoms with van der Waals surface area (Å²) in [6.45, 7) is 3.88. The van der Waals surface area contributed by atoms with Gasteiger partial charge in [-0.25, -0.2) is 4.98 Å². The van der Waals surface area contributed by atoms with Crippen molar-refractivity contribution in [2.75, 3.05) is 6.61 Å². The molecule has 2 rings (SSSR count). The van der Waals surface area contributed by atoms with E-state index in [2.05, 4.69) is 10.3 Å². The Hall–Kier alpha value is -1.88. The van der Waals surface area contributed by atoms with Crippen molar-refractivity contribution >= 4 is 11.6 Å². The predicted molar refractivity (Wildman–Crippen MR) is 77.4 cm³/mol. The number of hydrogen-bond acceptors (Lipinski definition) is 3. The Morgan fingerprint density at radius 1 is 1.40 bits per heavy atom. The van der Waals surface area contributed by atoms with Gasteiger partial charge in [-0.05, 0) is 25.0 Å². The SMILES string of the molecule is CCC(CC)(CO)NC(=O)Cc1cn2ccccc2n1. The number of nitrogens with one attached hydrogen (secondary N) is 1. The number of carbonyl (C=O) groups excluding carboxylic acids is 1. The highest BCUT2D eigenvalue weighted by Gasteiger charge is 2.27. The van der Waals surface area contributed by atoms with Crippen molar-refractivity contribution in [1.29, 1.82) is 0 Å². The first-order chi connectivity index (χ1) is 9.62. The molecule has 0 aliphatic heterocycles. The second kappa shape index (κ2) is 6.05. The van der Waals surface area contributed by atoms with Crippen LogP contribution in [0.25, 0.3) is 5.65 Å². The van der Waals surface area contributed by atoms with Crippen LogP contribution >= 0.6 is 0 Å². The molecule has 0 fully saturated rings. The number of imidazole rings is 1. The molecule has 5 nitrogen and oxygen atoms in total. The lowest BCUT2D eigenvalue weighted by atomic mass is 9.93. The maximum absolute atomic E-state index is 12.1. The van der Waals surface area contributed by atoms with E-state index >= 15 is 0 Å². The number of aromatic nitrogens is 2. The third-order valence-corrected chi connectivity index (χ3v) is 3.82. The van der Waals surface area contributed by atoms with Gasteiger partial charge in [0.05, 0.1) is 24.3 Å². The van der Waals surface area contributed by atoms with Crippen LogP contribution in [-0.4, -0.2) is 32.5 Å². The summed E-state index contributed by atoms with van der Waals surface area (Å²) in [5.74, 6) is -0.105. The molecule has 2 aromatic heterocycles. The normalized spacial score (nSPS) is 11.8. The lowest BCUT2D eigenvalue weighted by Crippen LogP contribution is -2.51. The molecular formula is C15H21N3O2. The molecule has 108 valence electrons. The van der Waals surface area contributed by atoms with Gasteiger partial charge in [0.15, 0.2) is 0 Å². The first kappa shape index (κ1) is 14.5. The summed E-state index contributed by atoms with van der Waals surface area (Å²) in [5.41, 5.74) is 1.04. The molecule has 0 saturated carbocycles. The molecule has 0 radical (unpaired) electrons. The van der Waals surface area contributed by atoms with Gasteiger partial charge in [0.1, 0.15) is 5.65 Å². The van der Waals surface area contributed by atoms with Gasteiger partial charge in [-0.2, -0.15) is 0 Å². The Morgan fingerprint density at radius 2 is 2.15 bits per heavy atom. The second-order valence-corrected chi connectivity index (χ2v) is 5.07. The van der Waals surface area contributed by atoms with E-state index in [4.69, 9.17) is 0 Å². The minimum absolute atomic E-state index is 0.0447. The molecule has 0 bridgehead atoms. The smallest absolute Gasteiger partial charge is 0.226 e. The standard InChI is InChI=1S/C15H21N3O2/c1-3-15(4-2,11-19)17-14(20)9-12-10-18-8-6-5-7-13(18)16-12/h5-8,10,19H,3-4,9,11H2,1-2H3,(H,17,20). The zero-order valence-electron chi connectivity index (χ0n) is 12.0. The first-order valence-electron chi connectivity index (χ1n) is 6.97. The molecule has 20 heavy (non-hydrogen) atoms. The van der Waals surface area contributed by atoms with Crippen LogP contribution in [0.4, 0.5) is 0 Å². The number of pyridine rings is 1. The highest BCUT2D eigenvalue weighted by molar-refractivity contribution is 5.79. The van der Waals surface area contributed by atoms with Gasteiger partial charge >= 0.3 is 0 Å². The molecule has 0 aliphatic rings.